The van der Waals surface area contributed by atoms with Crippen molar-refractivity contribution in [1.82, 2.24) is 5.32 Å². The Bertz CT molecular complexity index is 431. The normalized spacial score (nSPS) is 9.94. The minimum absolute atomic E-state index is 0.111. The first-order valence-corrected chi connectivity index (χ1v) is 5.43. The molecule has 4 N–H and O–H groups in total. The van der Waals surface area contributed by atoms with Crippen LogP contribution in [0.2, 0.25) is 0 Å². The third-order valence-corrected chi connectivity index (χ3v) is 2.35. The van der Waals surface area contributed by atoms with Crippen LogP contribution in [-0.4, -0.2) is 17.3 Å². The number of nitrogens with zero attached hydrogens (tertiary/aromatic N) is 1. The van der Waals surface area contributed by atoms with Crippen molar-refractivity contribution in [3.63, 3.8) is 0 Å². The molecule has 1 rings (SSSR count). The molecule has 0 saturated heterocycles. The molecule has 0 saturated carbocycles. The Labute approximate surface area is 99.5 Å². The van der Waals surface area contributed by atoms with Crippen LogP contribution in [0.25, 0.3) is 0 Å². The van der Waals surface area contributed by atoms with Gasteiger partial charge in [0, 0.05) is 18.2 Å². The molecule has 6 nitrogen and oxygen atoms in total. The summed E-state index contributed by atoms with van der Waals surface area (Å²) in [7, 11) is 0. The van der Waals surface area contributed by atoms with Crippen LogP contribution in [0.5, 0.6) is 0 Å². The molecule has 0 aliphatic rings. The molecule has 0 aliphatic carbocycles. The van der Waals surface area contributed by atoms with Crippen LogP contribution >= 0.6 is 0 Å². The lowest BCUT2D eigenvalue weighted by atomic mass is 10.1. The molecule has 1 aromatic rings. The highest BCUT2D eigenvalue weighted by molar-refractivity contribution is 5.97. The average molecular weight is 236 g/mol. The molecule has 0 radical (unpaired) electrons. The van der Waals surface area contributed by atoms with Crippen LogP contribution in [-0.2, 0) is 0 Å². The second-order valence-electron chi connectivity index (χ2n) is 3.69. The molecule has 17 heavy (non-hydrogen) atoms. The van der Waals surface area contributed by atoms with E-state index in [1.807, 2.05) is 0 Å². The molecule has 0 atom stereocenters. The number of hydrogen-bond donors (Lipinski definition) is 3. The fraction of sp³-hybridized carbons (Fsp3) is 0.364. The van der Waals surface area contributed by atoms with E-state index in [0.717, 1.165) is 12.8 Å². The average Bonchev–Trinajstić information content (AvgIpc) is 2.29. The van der Waals surface area contributed by atoms with Gasteiger partial charge in [0.1, 0.15) is 11.5 Å². The molecule has 0 aromatic heterocycles. The predicted molar refractivity (Wildman–Crippen MR) is 67.2 cm³/mol. The molecule has 0 amide bonds. The van der Waals surface area contributed by atoms with Crippen molar-refractivity contribution in [1.29, 1.82) is 5.41 Å². The molecular formula is C11H16N4O2. The molecule has 1 aromatic carbocycles. The maximum Gasteiger partial charge on any atom is 0.292 e. The molecule has 0 aliphatic heterocycles. The molecule has 92 valence electrons. The lowest BCUT2D eigenvalue weighted by molar-refractivity contribution is -0.383. The monoisotopic (exact) mass is 236 g/mol. The first kappa shape index (κ1) is 13.0. The topological polar surface area (TPSA) is 105 Å². The largest absolute Gasteiger partial charge is 0.393 e. The van der Waals surface area contributed by atoms with Gasteiger partial charge in [0.15, 0.2) is 0 Å². The van der Waals surface area contributed by atoms with Gasteiger partial charge in [-0.05, 0) is 18.6 Å². The van der Waals surface area contributed by atoms with Crippen molar-refractivity contribution in [2.75, 3.05) is 12.3 Å². The molecular weight excluding hydrogens is 220 g/mol. The van der Waals surface area contributed by atoms with Crippen molar-refractivity contribution in [3.05, 3.63) is 33.9 Å². The van der Waals surface area contributed by atoms with Gasteiger partial charge < -0.3 is 11.1 Å². The van der Waals surface area contributed by atoms with Gasteiger partial charge in [-0.3, -0.25) is 15.5 Å². The van der Waals surface area contributed by atoms with Crippen LogP contribution < -0.4 is 11.1 Å². The fourth-order valence-corrected chi connectivity index (χ4v) is 1.35. The van der Waals surface area contributed by atoms with E-state index in [2.05, 4.69) is 12.2 Å². The third-order valence-electron chi connectivity index (χ3n) is 2.35. The smallest absolute Gasteiger partial charge is 0.292 e. The summed E-state index contributed by atoms with van der Waals surface area (Å²) in [6.45, 7) is 2.74. The molecule has 0 unspecified atom stereocenters. The lowest BCUT2D eigenvalue weighted by Gasteiger charge is -2.07. The first-order chi connectivity index (χ1) is 8.06. The van der Waals surface area contributed by atoms with Crippen LogP contribution in [0.15, 0.2) is 18.2 Å². The van der Waals surface area contributed by atoms with Gasteiger partial charge in [-0.2, -0.15) is 0 Å². The summed E-state index contributed by atoms with van der Waals surface area (Å²) in [5.74, 6) is 0.182. The Morgan fingerprint density at radius 2 is 2.29 bits per heavy atom. The summed E-state index contributed by atoms with van der Waals surface area (Å²) >= 11 is 0. The van der Waals surface area contributed by atoms with Crippen molar-refractivity contribution in [2.24, 2.45) is 0 Å². The third kappa shape index (κ3) is 3.44. The number of benzene rings is 1. The second kappa shape index (κ2) is 5.83. The Kier molecular flexibility index (Phi) is 4.45. The Balaban J connectivity index is 2.81. The SMILES string of the molecule is CCCCNC(=N)c1ccc(N)c([N+](=O)[O-])c1. The van der Waals surface area contributed by atoms with Crippen molar-refractivity contribution < 1.29 is 4.92 Å². The molecule has 0 bridgehead atoms. The fourth-order valence-electron chi connectivity index (χ4n) is 1.35. The highest BCUT2D eigenvalue weighted by Crippen LogP contribution is 2.22. The van der Waals surface area contributed by atoms with E-state index < -0.39 is 4.92 Å². The van der Waals surface area contributed by atoms with Gasteiger partial charge in [-0.15, -0.1) is 0 Å². The van der Waals surface area contributed by atoms with Gasteiger partial charge in [0.05, 0.1) is 4.92 Å². The van der Waals surface area contributed by atoms with Crippen LogP contribution in [0.1, 0.15) is 25.3 Å². The molecule has 0 heterocycles. The summed E-state index contributed by atoms with van der Waals surface area (Å²) in [5, 5.41) is 21.3. The molecule has 6 heteroatoms. The van der Waals surface area contributed by atoms with E-state index in [4.69, 9.17) is 11.1 Å². The first-order valence-electron chi connectivity index (χ1n) is 5.43. The van der Waals surface area contributed by atoms with E-state index in [1.165, 1.54) is 12.1 Å². The lowest BCUT2D eigenvalue weighted by Crippen LogP contribution is -2.24. The summed E-state index contributed by atoms with van der Waals surface area (Å²) < 4.78 is 0. The minimum Gasteiger partial charge on any atom is -0.393 e. The van der Waals surface area contributed by atoms with Crippen LogP contribution in [0.4, 0.5) is 11.4 Å². The van der Waals surface area contributed by atoms with Crippen molar-refractivity contribution in [3.8, 4) is 0 Å². The van der Waals surface area contributed by atoms with Gasteiger partial charge >= 0.3 is 0 Å². The van der Waals surface area contributed by atoms with E-state index in [1.54, 1.807) is 6.07 Å². The molecule has 0 fully saturated rings. The zero-order valence-electron chi connectivity index (χ0n) is 9.69. The number of nitro groups is 1. The van der Waals surface area contributed by atoms with E-state index in [0.29, 0.717) is 12.1 Å². The zero-order chi connectivity index (χ0) is 12.8. The van der Waals surface area contributed by atoms with Gasteiger partial charge in [-0.25, -0.2) is 0 Å². The van der Waals surface area contributed by atoms with Crippen LogP contribution in [0, 0.1) is 15.5 Å². The summed E-state index contributed by atoms with van der Waals surface area (Å²) in [4.78, 5) is 10.1. The van der Waals surface area contributed by atoms with E-state index >= 15 is 0 Å². The molecule has 0 spiro atoms. The van der Waals surface area contributed by atoms with E-state index in [9.17, 15) is 10.1 Å². The number of anilines is 1. The summed E-state index contributed by atoms with van der Waals surface area (Å²) in [6.07, 6.45) is 1.99. The highest BCUT2D eigenvalue weighted by Gasteiger charge is 2.13. The Morgan fingerprint density at radius 3 is 2.88 bits per heavy atom. The number of amidine groups is 1. The van der Waals surface area contributed by atoms with Gasteiger partial charge in [0.25, 0.3) is 5.69 Å². The number of nitrogens with two attached hydrogens (primary N) is 1. The quantitative estimate of drug-likeness (QED) is 0.181. The number of rotatable bonds is 5. The minimum atomic E-state index is -0.543. The van der Waals surface area contributed by atoms with Gasteiger partial charge in [-0.1, -0.05) is 13.3 Å². The maximum absolute atomic E-state index is 10.7. The van der Waals surface area contributed by atoms with Crippen molar-refractivity contribution in [2.45, 2.75) is 19.8 Å². The maximum atomic E-state index is 10.7. The Hall–Kier alpha value is -2.11. The number of nitrogens with one attached hydrogen (secondary N) is 2. The van der Waals surface area contributed by atoms with E-state index in [-0.39, 0.29) is 17.2 Å². The summed E-state index contributed by atoms with van der Waals surface area (Å²) in [5.41, 5.74) is 5.90. The zero-order valence-corrected chi connectivity index (χ0v) is 9.69. The highest BCUT2D eigenvalue weighted by atomic mass is 16.6. The van der Waals surface area contributed by atoms with Gasteiger partial charge in [0.2, 0.25) is 0 Å². The van der Waals surface area contributed by atoms with Crippen LogP contribution in [0.3, 0.4) is 0 Å². The Morgan fingerprint density at radius 1 is 1.59 bits per heavy atom. The number of nitro benzene ring substituents is 1. The van der Waals surface area contributed by atoms with Crippen molar-refractivity contribution >= 4 is 17.2 Å². The standard InChI is InChI=1S/C11H16N4O2/c1-2-3-6-14-11(13)8-4-5-9(12)10(7-8)15(16)17/h4-5,7H,2-3,6,12H2,1H3,(H2,13,14). The number of hydrogen-bond acceptors (Lipinski definition) is 4. The number of unbranched alkanes of at least 4 members (excludes halogenated alkanes) is 1. The summed E-state index contributed by atoms with van der Waals surface area (Å²) in [6, 6.07) is 4.36. The second-order valence-corrected chi connectivity index (χ2v) is 3.69. The number of nitrogen functional groups attached to an aromatic ring is 1. The predicted octanol–water partition coefficient (Wildman–Crippen LogP) is 1.89.